The summed E-state index contributed by atoms with van der Waals surface area (Å²) in [6, 6.07) is 60.7. The zero-order valence-corrected chi connectivity index (χ0v) is 35.5. The Bertz CT molecular complexity index is 2580. The van der Waals surface area contributed by atoms with Gasteiger partial charge in [0.15, 0.2) is 0 Å². The van der Waals surface area contributed by atoms with E-state index in [9.17, 15) is 15.2 Å². The van der Waals surface area contributed by atoms with Crippen molar-refractivity contribution in [3.8, 4) is 6.07 Å². The number of hydrogen-bond donors (Lipinski definition) is 1. The lowest BCUT2D eigenvalue weighted by molar-refractivity contribution is -0.132. The second-order valence-corrected chi connectivity index (χ2v) is 15.4. The predicted octanol–water partition coefficient (Wildman–Crippen LogP) is 14.7. The summed E-state index contributed by atoms with van der Waals surface area (Å²) >= 11 is 0. The summed E-state index contributed by atoms with van der Waals surface area (Å²) in [4.78, 5) is 13.7. The maximum atomic E-state index is 11.5. The Hall–Kier alpha value is -8.00. The summed E-state index contributed by atoms with van der Waals surface area (Å²) in [7, 11) is 0. The number of anilines is 3. The van der Waals surface area contributed by atoms with Crippen molar-refractivity contribution in [1.29, 1.82) is 5.26 Å². The Morgan fingerprint density at radius 3 is 1.02 bits per heavy atom. The molecule has 0 atom stereocenters. The summed E-state index contributed by atoms with van der Waals surface area (Å²) in [6.07, 6.45) is 14.2. The van der Waals surface area contributed by atoms with E-state index < -0.39 is 5.97 Å². The molecule has 0 saturated carbocycles. The van der Waals surface area contributed by atoms with E-state index in [0.29, 0.717) is 5.56 Å². The van der Waals surface area contributed by atoms with Crippen molar-refractivity contribution in [1.82, 2.24) is 0 Å². The van der Waals surface area contributed by atoms with Crippen LogP contribution < -0.4 is 4.90 Å². The van der Waals surface area contributed by atoms with Gasteiger partial charge in [-0.25, -0.2) is 4.79 Å². The van der Waals surface area contributed by atoms with Crippen molar-refractivity contribution in [2.75, 3.05) is 4.90 Å². The van der Waals surface area contributed by atoms with Gasteiger partial charge in [-0.1, -0.05) is 192 Å². The van der Waals surface area contributed by atoms with Crippen LogP contribution in [0.5, 0.6) is 0 Å². The minimum Gasteiger partial charge on any atom is -0.477 e. The van der Waals surface area contributed by atoms with Crippen LogP contribution in [-0.4, -0.2) is 11.1 Å². The highest BCUT2D eigenvalue weighted by atomic mass is 16.4. The number of benzene rings is 7. The van der Waals surface area contributed by atoms with Gasteiger partial charge in [-0.15, -0.1) is 0 Å². The van der Waals surface area contributed by atoms with Crippen LogP contribution in [0, 0.1) is 39.0 Å². The van der Waals surface area contributed by atoms with Gasteiger partial charge in [0, 0.05) is 17.1 Å². The van der Waals surface area contributed by atoms with Crippen molar-refractivity contribution in [3.05, 3.63) is 261 Å². The smallest absolute Gasteiger partial charge is 0.346 e. The molecule has 0 fully saturated rings. The molecule has 7 aromatic rings. The van der Waals surface area contributed by atoms with Gasteiger partial charge in [0.05, 0.1) is 0 Å². The summed E-state index contributed by atoms with van der Waals surface area (Å²) in [5.41, 5.74) is 17.1. The molecule has 0 heterocycles. The summed E-state index contributed by atoms with van der Waals surface area (Å²) in [5, 5.41) is 18.7. The highest BCUT2D eigenvalue weighted by molar-refractivity contribution is 5.96. The zero-order valence-electron chi connectivity index (χ0n) is 35.5. The Kier molecular flexibility index (Phi) is 13.5. The van der Waals surface area contributed by atoms with E-state index in [-0.39, 0.29) is 5.57 Å². The Morgan fingerprint density at radius 2 is 0.742 bits per heavy atom. The highest BCUT2D eigenvalue weighted by Crippen LogP contribution is 2.36. The number of allylic oxidation sites excluding steroid dienone is 4. The Labute approximate surface area is 365 Å². The molecule has 1 N–H and O–H groups in total. The molecule has 4 nitrogen and oxygen atoms in total. The van der Waals surface area contributed by atoms with E-state index in [0.717, 1.165) is 61.6 Å². The van der Waals surface area contributed by atoms with E-state index in [4.69, 9.17) is 0 Å². The van der Waals surface area contributed by atoms with Crippen LogP contribution in [0.25, 0.3) is 29.4 Å². The van der Waals surface area contributed by atoms with Crippen molar-refractivity contribution in [2.45, 2.75) is 27.7 Å². The number of carboxylic acid groups (broad SMARTS) is 1. The number of rotatable bonds is 13. The first kappa shape index (κ1) is 42.1. The van der Waals surface area contributed by atoms with E-state index in [1.165, 1.54) is 28.3 Å². The number of hydrogen-bond acceptors (Lipinski definition) is 3. The lowest BCUT2D eigenvalue weighted by Gasteiger charge is -2.26. The average Bonchev–Trinajstić information content (AvgIpc) is 3.29. The summed E-state index contributed by atoms with van der Waals surface area (Å²) in [5.74, 6) is -1.25. The minimum absolute atomic E-state index is 0.318. The molecule has 0 aromatic heterocycles. The lowest BCUT2D eigenvalue weighted by atomic mass is 9.96. The Morgan fingerprint density at radius 1 is 0.452 bits per heavy atom. The molecule has 0 radical (unpaired) electrons. The number of nitrogens with zero attached hydrogens (tertiary/aromatic N) is 2. The maximum absolute atomic E-state index is 11.5. The largest absolute Gasteiger partial charge is 0.477 e. The first-order valence-corrected chi connectivity index (χ1v) is 20.6. The van der Waals surface area contributed by atoms with Crippen molar-refractivity contribution in [3.63, 3.8) is 0 Å². The number of carbonyl (C=O) groups is 1. The SMILES string of the molecule is Cc1ccc(C(=C/C=C/c2ccc(N(c3ccc(/C=C/C=C(c4ccc(C)cc4)c4ccc(C)cc4)cc3)c3ccc(/C=C(\C#N)C(=O)O)cc3)cc2)c2ccc(C)cc2)cc1. The van der Waals surface area contributed by atoms with Crippen LogP contribution in [0.15, 0.2) is 200 Å². The van der Waals surface area contributed by atoms with Gasteiger partial charge in [0.25, 0.3) is 0 Å². The van der Waals surface area contributed by atoms with Gasteiger partial charge in [0.2, 0.25) is 0 Å². The molecule has 302 valence electrons. The van der Waals surface area contributed by atoms with Gasteiger partial charge in [-0.3, -0.25) is 0 Å². The third kappa shape index (κ3) is 10.8. The number of aryl methyl sites for hydroxylation is 4. The lowest BCUT2D eigenvalue weighted by Crippen LogP contribution is -2.09. The summed E-state index contributed by atoms with van der Waals surface area (Å²) < 4.78 is 0. The molecule has 0 amide bonds. The van der Waals surface area contributed by atoms with Crippen LogP contribution in [-0.2, 0) is 4.79 Å². The van der Waals surface area contributed by atoms with Gasteiger partial charge in [-0.05, 0) is 120 Å². The van der Waals surface area contributed by atoms with E-state index in [2.05, 4.69) is 215 Å². The molecule has 0 saturated heterocycles. The molecule has 0 unspecified atom stereocenters. The van der Waals surface area contributed by atoms with Crippen LogP contribution in [0.4, 0.5) is 17.1 Å². The molecule has 0 aliphatic rings. The summed E-state index contributed by atoms with van der Waals surface area (Å²) in [6.45, 7) is 8.41. The number of aliphatic carboxylic acids is 1. The molecular formula is C58H48N2O2. The fourth-order valence-corrected chi connectivity index (χ4v) is 7.11. The molecule has 0 aliphatic heterocycles. The van der Waals surface area contributed by atoms with Crippen LogP contribution in [0.3, 0.4) is 0 Å². The molecule has 0 aliphatic carbocycles. The standard InChI is InChI=1S/C58H48N2O2/c1-41-11-25-48(26-12-41)56(49-27-13-42(2)14-28-49)9-5-7-45-19-33-53(34-20-45)60(55-37-23-47(24-38-55)39-52(40-59)58(61)62)54-35-21-46(22-36-54)8-6-10-57(50-29-15-43(3)16-30-50)51-31-17-44(4)18-32-51/h5-39H,1-4H3,(H,61,62)/b7-5+,8-6+,52-39+. The van der Waals surface area contributed by atoms with Crippen molar-refractivity contribution >= 4 is 52.4 Å². The average molecular weight is 805 g/mol. The van der Waals surface area contributed by atoms with Crippen LogP contribution >= 0.6 is 0 Å². The van der Waals surface area contributed by atoms with E-state index in [1.54, 1.807) is 6.07 Å². The fraction of sp³-hybridized carbons (Fsp3) is 0.0690. The molecule has 62 heavy (non-hydrogen) atoms. The first-order valence-electron chi connectivity index (χ1n) is 20.6. The normalized spacial score (nSPS) is 11.3. The highest BCUT2D eigenvalue weighted by Gasteiger charge is 2.14. The second-order valence-electron chi connectivity index (χ2n) is 15.4. The van der Waals surface area contributed by atoms with Gasteiger partial charge in [-0.2, -0.15) is 5.26 Å². The Balaban J connectivity index is 1.19. The van der Waals surface area contributed by atoms with Crippen molar-refractivity contribution < 1.29 is 9.90 Å². The molecule has 7 rings (SSSR count). The molecule has 0 bridgehead atoms. The third-order valence-electron chi connectivity index (χ3n) is 10.7. The quantitative estimate of drug-likeness (QED) is 0.0716. The third-order valence-corrected chi connectivity index (χ3v) is 10.7. The van der Waals surface area contributed by atoms with Crippen molar-refractivity contribution in [2.24, 2.45) is 0 Å². The minimum atomic E-state index is -1.25. The number of nitriles is 1. The zero-order chi connectivity index (χ0) is 43.4. The van der Waals surface area contributed by atoms with Gasteiger partial charge in [0.1, 0.15) is 11.6 Å². The van der Waals surface area contributed by atoms with Gasteiger partial charge >= 0.3 is 5.97 Å². The predicted molar refractivity (Wildman–Crippen MR) is 259 cm³/mol. The van der Waals surface area contributed by atoms with E-state index >= 15 is 0 Å². The topological polar surface area (TPSA) is 64.3 Å². The van der Waals surface area contributed by atoms with E-state index in [1.807, 2.05) is 24.3 Å². The molecule has 4 heteroatoms. The number of carboxylic acids is 1. The van der Waals surface area contributed by atoms with Crippen LogP contribution in [0.2, 0.25) is 0 Å². The molecular weight excluding hydrogens is 757 g/mol. The fourth-order valence-electron chi connectivity index (χ4n) is 7.11. The maximum Gasteiger partial charge on any atom is 0.346 e. The molecule has 7 aromatic carbocycles. The molecule has 0 spiro atoms. The monoisotopic (exact) mass is 804 g/mol. The van der Waals surface area contributed by atoms with Crippen LogP contribution in [0.1, 0.15) is 61.2 Å². The second kappa shape index (κ2) is 19.8. The van der Waals surface area contributed by atoms with Gasteiger partial charge < -0.3 is 10.0 Å². The first-order chi connectivity index (χ1) is 30.1.